The number of Topliss-reactive ketones (excluding diaryl/α,β-unsaturated/α-hetero) is 1. The van der Waals surface area contributed by atoms with Crippen molar-refractivity contribution in [2.24, 2.45) is 0 Å². The highest BCUT2D eigenvalue weighted by Gasteiger charge is 2.22. The maximum absolute atomic E-state index is 12.8. The van der Waals surface area contributed by atoms with Gasteiger partial charge in [-0.2, -0.15) is 0 Å². The lowest BCUT2D eigenvalue weighted by Crippen LogP contribution is -2.12. The quantitative estimate of drug-likeness (QED) is 0.180. The molecule has 0 radical (unpaired) electrons. The predicted octanol–water partition coefficient (Wildman–Crippen LogP) is 7.34. The van der Waals surface area contributed by atoms with Crippen LogP contribution in [-0.2, 0) is 0 Å². The Balaban J connectivity index is 1.61. The summed E-state index contributed by atoms with van der Waals surface area (Å²) in [5.41, 5.74) is 1.27. The van der Waals surface area contributed by atoms with Crippen molar-refractivity contribution in [3.05, 3.63) is 99.3 Å². The Labute approximate surface area is 210 Å². The minimum absolute atomic E-state index is 0.131. The molecule has 0 spiro atoms. The maximum Gasteiger partial charge on any atom is 0.196 e. The Morgan fingerprint density at radius 2 is 1.70 bits per heavy atom. The number of hydrogen-bond donors (Lipinski definition) is 0. The number of carbonyl (C=O) groups is 1. The molecule has 4 aromatic rings. The van der Waals surface area contributed by atoms with Gasteiger partial charge in [0.05, 0.1) is 15.8 Å². The summed E-state index contributed by atoms with van der Waals surface area (Å²) in [5, 5.41) is 10.6. The number of benzene rings is 3. The lowest BCUT2D eigenvalue weighted by Gasteiger charge is -2.17. The molecule has 0 bridgehead atoms. The van der Waals surface area contributed by atoms with Gasteiger partial charge in [-0.25, -0.2) is 0 Å². The summed E-state index contributed by atoms with van der Waals surface area (Å²) in [6.45, 7) is 1.87. The largest absolute Gasteiger partial charge is 0.481 e. The van der Waals surface area contributed by atoms with Gasteiger partial charge in [0.1, 0.15) is 5.75 Å². The van der Waals surface area contributed by atoms with Crippen LogP contribution in [0.25, 0.3) is 5.69 Å². The second-order valence-electron chi connectivity index (χ2n) is 7.04. The van der Waals surface area contributed by atoms with Crippen LogP contribution in [0.4, 0.5) is 0 Å². The van der Waals surface area contributed by atoms with Crippen LogP contribution >= 0.6 is 46.6 Å². The first-order valence-electron chi connectivity index (χ1n) is 9.97. The van der Waals surface area contributed by atoms with E-state index in [2.05, 4.69) is 10.2 Å². The van der Waals surface area contributed by atoms with Gasteiger partial charge in [0.2, 0.25) is 0 Å². The average Bonchev–Trinajstić information content (AvgIpc) is 3.24. The number of carbonyl (C=O) groups excluding carboxylic acids is 1. The van der Waals surface area contributed by atoms with E-state index in [1.807, 2.05) is 54.0 Å². The van der Waals surface area contributed by atoms with Crippen LogP contribution in [0.1, 0.15) is 29.2 Å². The van der Waals surface area contributed by atoms with E-state index in [0.717, 1.165) is 5.69 Å². The van der Waals surface area contributed by atoms with Gasteiger partial charge in [-0.3, -0.25) is 9.36 Å². The molecule has 0 saturated carbocycles. The Morgan fingerprint density at radius 1 is 0.970 bits per heavy atom. The molecule has 1 unspecified atom stereocenters. The highest BCUT2D eigenvalue weighted by atomic mass is 35.5. The number of hydrogen-bond acceptors (Lipinski definition) is 5. The molecule has 1 aromatic heterocycles. The van der Waals surface area contributed by atoms with Crippen molar-refractivity contribution in [3.8, 4) is 11.4 Å². The first-order chi connectivity index (χ1) is 15.9. The first-order valence-corrected chi connectivity index (χ1v) is 12.1. The molecule has 0 N–H and O–H groups in total. The molecule has 0 fully saturated rings. The van der Waals surface area contributed by atoms with Crippen LogP contribution in [0.15, 0.2) is 78.0 Å². The summed E-state index contributed by atoms with van der Waals surface area (Å²) < 4.78 is 7.94. The highest BCUT2D eigenvalue weighted by molar-refractivity contribution is 7.99. The van der Waals surface area contributed by atoms with E-state index in [-0.39, 0.29) is 11.5 Å². The molecular formula is C24H18Cl3N3O2S. The molecule has 4 rings (SSSR count). The summed E-state index contributed by atoms with van der Waals surface area (Å²) >= 11 is 19.7. The van der Waals surface area contributed by atoms with Gasteiger partial charge in [0.25, 0.3) is 0 Å². The number of nitrogens with zero attached hydrogens (tertiary/aromatic N) is 3. The normalized spacial score (nSPS) is 11.9. The van der Waals surface area contributed by atoms with Crippen molar-refractivity contribution >= 4 is 52.3 Å². The van der Waals surface area contributed by atoms with Crippen LogP contribution in [-0.4, -0.2) is 26.3 Å². The fraction of sp³-hybridized carbons (Fsp3) is 0.125. The number of thioether (sulfide) groups is 1. The van der Waals surface area contributed by atoms with Gasteiger partial charge < -0.3 is 4.74 Å². The zero-order valence-electron chi connectivity index (χ0n) is 17.4. The Morgan fingerprint density at radius 3 is 2.42 bits per heavy atom. The topological polar surface area (TPSA) is 57.0 Å². The maximum atomic E-state index is 12.8. The number of halogens is 3. The zero-order valence-corrected chi connectivity index (χ0v) is 20.5. The van der Waals surface area contributed by atoms with Gasteiger partial charge in [0.15, 0.2) is 22.9 Å². The predicted molar refractivity (Wildman–Crippen MR) is 133 cm³/mol. The number of rotatable bonds is 8. The van der Waals surface area contributed by atoms with Crippen molar-refractivity contribution in [2.75, 3.05) is 5.75 Å². The molecule has 0 aliphatic rings. The van der Waals surface area contributed by atoms with Crippen molar-refractivity contribution in [3.63, 3.8) is 0 Å². The fourth-order valence-electron chi connectivity index (χ4n) is 3.16. The summed E-state index contributed by atoms with van der Waals surface area (Å²) in [6, 6.07) is 21.7. The van der Waals surface area contributed by atoms with Gasteiger partial charge >= 0.3 is 0 Å². The molecule has 0 aliphatic heterocycles. The minimum Gasteiger partial charge on any atom is -0.481 e. The van der Waals surface area contributed by atoms with Gasteiger partial charge in [0, 0.05) is 16.3 Å². The summed E-state index contributed by atoms with van der Waals surface area (Å²) in [4.78, 5) is 12.8. The zero-order chi connectivity index (χ0) is 23.4. The third-order valence-corrected chi connectivity index (χ3v) is 6.53. The second kappa shape index (κ2) is 10.6. The first kappa shape index (κ1) is 23.6. The third-order valence-electron chi connectivity index (χ3n) is 4.74. The molecule has 1 atom stereocenters. The van der Waals surface area contributed by atoms with Gasteiger partial charge in [-0.15, -0.1) is 10.2 Å². The van der Waals surface area contributed by atoms with Crippen LogP contribution in [0.3, 0.4) is 0 Å². The molecule has 168 valence electrons. The van der Waals surface area contributed by atoms with Crippen LogP contribution in [0, 0.1) is 0 Å². The summed E-state index contributed by atoms with van der Waals surface area (Å²) in [5.74, 6) is 1.13. The van der Waals surface area contributed by atoms with E-state index in [1.54, 1.807) is 30.3 Å². The van der Waals surface area contributed by atoms with Crippen molar-refractivity contribution < 1.29 is 9.53 Å². The summed E-state index contributed by atoms with van der Waals surface area (Å²) in [6.07, 6.45) is -0.451. The van der Waals surface area contributed by atoms with E-state index < -0.39 is 6.10 Å². The Kier molecular flexibility index (Phi) is 7.60. The molecule has 33 heavy (non-hydrogen) atoms. The molecule has 0 saturated heterocycles. The van der Waals surface area contributed by atoms with Gasteiger partial charge in [-0.05, 0) is 49.4 Å². The molecule has 3 aromatic carbocycles. The van der Waals surface area contributed by atoms with Crippen molar-refractivity contribution in [1.82, 2.24) is 14.8 Å². The van der Waals surface area contributed by atoms with Crippen LogP contribution in [0.5, 0.6) is 5.75 Å². The second-order valence-corrected chi connectivity index (χ2v) is 9.23. The lowest BCUT2D eigenvalue weighted by atomic mass is 10.1. The van der Waals surface area contributed by atoms with E-state index in [1.165, 1.54) is 11.8 Å². The van der Waals surface area contributed by atoms with E-state index in [9.17, 15) is 4.79 Å². The monoisotopic (exact) mass is 517 g/mol. The molecule has 1 heterocycles. The summed E-state index contributed by atoms with van der Waals surface area (Å²) in [7, 11) is 0. The van der Waals surface area contributed by atoms with Gasteiger partial charge in [-0.1, -0.05) is 76.9 Å². The number of ether oxygens (including phenoxy) is 1. The standard InChI is InChI=1S/C24H18Cl3N3O2S/c1-15(32-22-10-6-5-9-19(22)26)23-28-29-24(30(23)17-7-3-2-4-8-17)33-14-21(31)18-12-11-16(25)13-20(18)27/h2-13,15H,14H2,1H3. The van der Waals surface area contributed by atoms with E-state index in [4.69, 9.17) is 39.5 Å². The SMILES string of the molecule is CC(Oc1ccccc1Cl)c1nnc(SCC(=O)c2ccc(Cl)cc2Cl)n1-c1ccccc1. The number of aromatic nitrogens is 3. The molecule has 5 nitrogen and oxygen atoms in total. The Bertz CT molecular complexity index is 1280. The van der Waals surface area contributed by atoms with Crippen molar-refractivity contribution in [1.29, 1.82) is 0 Å². The van der Waals surface area contributed by atoms with E-state index >= 15 is 0 Å². The lowest BCUT2D eigenvalue weighted by molar-refractivity contribution is 0.102. The van der Waals surface area contributed by atoms with E-state index in [0.29, 0.717) is 37.4 Å². The molecule has 0 aliphatic carbocycles. The van der Waals surface area contributed by atoms with Crippen LogP contribution < -0.4 is 4.74 Å². The number of ketones is 1. The van der Waals surface area contributed by atoms with Crippen molar-refractivity contribution in [2.45, 2.75) is 18.2 Å². The average molecular weight is 519 g/mol. The molecular weight excluding hydrogens is 501 g/mol. The van der Waals surface area contributed by atoms with Crippen LogP contribution in [0.2, 0.25) is 15.1 Å². The Hall–Kier alpha value is -2.51. The molecule has 9 heteroatoms. The highest BCUT2D eigenvalue weighted by Crippen LogP contribution is 2.31. The molecule has 0 amide bonds. The third kappa shape index (κ3) is 5.53. The number of para-hydroxylation sites is 2. The minimum atomic E-state index is -0.451. The smallest absolute Gasteiger partial charge is 0.196 e. The fourth-order valence-corrected chi connectivity index (χ4v) is 4.70.